The Balaban J connectivity index is 1.75. The molecule has 3 aliphatic carbocycles. The fraction of sp³-hybridized carbons (Fsp3) is 0.900. The molecule has 29 heavy (non-hydrogen) atoms. The van der Waals surface area contributed by atoms with E-state index in [0.29, 0.717) is 18.3 Å². The third-order valence-corrected chi connectivity index (χ3v) is 10.4. The number of carboxylic acid groups (broad SMARTS) is 1. The van der Waals surface area contributed by atoms with E-state index in [4.69, 9.17) is 0 Å². The van der Waals surface area contributed by atoms with E-state index < -0.39 is 44.8 Å². The summed E-state index contributed by atoms with van der Waals surface area (Å²) in [5.74, 6) is -2.37. The predicted octanol–water partition coefficient (Wildman–Crippen LogP) is 3.60. The summed E-state index contributed by atoms with van der Waals surface area (Å²) >= 11 is 0. The summed E-state index contributed by atoms with van der Waals surface area (Å²) in [6.45, 7) is 4.12. The summed E-state index contributed by atoms with van der Waals surface area (Å²) < 4.78 is 49.5. The highest BCUT2D eigenvalue weighted by molar-refractivity contribution is 7.89. The zero-order chi connectivity index (χ0) is 21.4. The first-order valence-electron chi connectivity index (χ1n) is 10.4. The summed E-state index contributed by atoms with van der Waals surface area (Å²) in [6, 6.07) is -0.375. The third-order valence-electron chi connectivity index (χ3n) is 8.82. The van der Waals surface area contributed by atoms with Crippen molar-refractivity contribution in [3.63, 3.8) is 0 Å². The molecule has 0 spiro atoms. The molecule has 2 N–H and O–H groups in total. The van der Waals surface area contributed by atoms with Crippen molar-refractivity contribution in [1.82, 2.24) is 5.32 Å². The van der Waals surface area contributed by atoms with Crippen LogP contribution in [0.5, 0.6) is 0 Å². The Morgan fingerprint density at radius 2 is 1.83 bits per heavy atom. The van der Waals surface area contributed by atoms with Gasteiger partial charge in [-0.25, -0.2) is 4.21 Å². The average molecular weight is 436 g/mol. The van der Waals surface area contributed by atoms with Gasteiger partial charge in [0.15, 0.2) is 10.8 Å². The van der Waals surface area contributed by atoms with Gasteiger partial charge in [0.1, 0.15) is 0 Å². The Kier molecular flexibility index (Phi) is 4.69. The third kappa shape index (κ3) is 2.82. The molecule has 1 amide bonds. The Labute approximate surface area is 170 Å². The SMILES string of the molecule is C[C@@]12CCC[C@H]1[C@@H]1CCC3NC(=O)C(C(=O)O)(S(=O)C(F)(F)F)C[C@]3(C)[C@@H]1CC2. The van der Waals surface area contributed by atoms with Gasteiger partial charge in [-0.1, -0.05) is 20.3 Å². The lowest BCUT2D eigenvalue weighted by Gasteiger charge is -2.61. The first kappa shape index (κ1) is 21.1. The minimum Gasteiger partial charge on any atom is -0.480 e. The molecule has 3 saturated carbocycles. The number of carboxylic acids is 1. The fourth-order valence-corrected chi connectivity index (χ4v) is 8.65. The van der Waals surface area contributed by atoms with Gasteiger partial charge in [-0.2, -0.15) is 13.2 Å². The van der Waals surface area contributed by atoms with E-state index in [1.54, 1.807) is 0 Å². The van der Waals surface area contributed by atoms with E-state index in [2.05, 4.69) is 12.2 Å². The van der Waals surface area contributed by atoms with Crippen LogP contribution in [0.4, 0.5) is 13.2 Å². The van der Waals surface area contributed by atoms with Crippen LogP contribution in [-0.2, 0) is 20.4 Å². The van der Waals surface area contributed by atoms with E-state index in [0.717, 1.165) is 38.5 Å². The highest BCUT2D eigenvalue weighted by Crippen LogP contribution is 2.65. The number of hydrogen-bond acceptors (Lipinski definition) is 3. The monoisotopic (exact) mass is 435 g/mol. The molecular formula is C20H28F3NO4S. The van der Waals surface area contributed by atoms with Crippen molar-refractivity contribution in [2.45, 2.75) is 81.5 Å². The van der Waals surface area contributed by atoms with Crippen molar-refractivity contribution < 1.29 is 32.1 Å². The lowest BCUT2D eigenvalue weighted by atomic mass is 9.47. The summed E-state index contributed by atoms with van der Waals surface area (Å²) in [7, 11) is -3.82. The maximum atomic E-state index is 13.4. The molecule has 164 valence electrons. The number of rotatable bonds is 2. The highest BCUT2D eigenvalue weighted by Gasteiger charge is 2.70. The second kappa shape index (κ2) is 6.44. The molecule has 1 saturated heterocycles. The number of fused-ring (bicyclic) bond motifs is 5. The zero-order valence-corrected chi connectivity index (χ0v) is 17.5. The minimum atomic E-state index is -5.27. The summed E-state index contributed by atoms with van der Waals surface area (Å²) in [5, 5.41) is 12.3. The van der Waals surface area contributed by atoms with Crippen molar-refractivity contribution in [3.05, 3.63) is 0 Å². The molecule has 0 radical (unpaired) electrons. The van der Waals surface area contributed by atoms with Crippen molar-refractivity contribution in [2.75, 3.05) is 0 Å². The number of alkyl halides is 3. The molecule has 0 aromatic rings. The van der Waals surface area contributed by atoms with E-state index in [1.165, 1.54) is 0 Å². The molecule has 8 atom stereocenters. The Bertz CT molecular complexity index is 773. The second-order valence-electron chi connectivity index (χ2n) is 10.1. The number of carbonyl (C=O) groups is 2. The lowest BCUT2D eigenvalue weighted by molar-refractivity contribution is -0.157. The topological polar surface area (TPSA) is 83.5 Å². The van der Waals surface area contributed by atoms with Gasteiger partial charge in [0, 0.05) is 6.04 Å². The van der Waals surface area contributed by atoms with Crippen LogP contribution in [-0.4, -0.2) is 37.5 Å². The summed E-state index contributed by atoms with van der Waals surface area (Å²) in [4.78, 5) is 24.7. The van der Waals surface area contributed by atoms with Crippen molar-refractivity contribution in [3.8, 4) is 0 Å². The van der Waals surface area contributed by atoms with Crippen LogP contribution >= 0.6 is 0 Å². The van der Waals surface area contributed by atoms with Crippen molar-refractivity contribution in [1.29, 1.82) is 0 Å². The Hall–Kier alpha value is -1.12. The number of aliphatic carboxylic acids is 1. The fourth-order valence-electron chi connectivity index (χ4n) is 7.43. The number of hydrogen-bond donors (Lipinski definition) is 2. The van der Waals surface area contributed by atoms with E-state index >= 15 is 0 Å². The molecule has 0 bridgehead atoms. The zero-order valence-electron chi connectivity index (χ0n) is 16.7. The van der Waals surface area contributed by atoms with Crippen LogP contribution in [0.15, 0.2) is 0 Å². The maximum absolute atomic E-state index is 13.4. The average Bonchev–Trinajstić information content (AvgIpc) is 3.02. The quantitative estimate of drug-likeness (QED) is 0.650. The molecule has 3 unspecified atom stereocenters. The molecular weight excluding hydrogens is 407 g/mol. The molecule has 5 nitrogen and oxygen atoms in total. The summed E-state index contributed by atoms with van der Waals surface area (Å²) in [6.07, 6.45) is 6.20. The van der Waals surface area contributed by atoms with Crippen LogP contribution in [0.3, 0.4) is 0 Å². The first-order valence-corrected chi connectivity index (χ1v) is 11.5. The largest absolute Gasteiger partial charge is 0.480 e. The van der Waals surface area contributed by atoms with Crippen molar-refractivity contribution >= 4 is 22.7 Å². The first-order chi connectivity index (χ1) is 13.4. The predicted molar refractivity (Wildman–Crippen MR) is 100 cm³/mol. The van der Waals surface area contributed by atoms with Crippen LogP contribution < -0.4 is 5.32 Å². The normalized spacial score (nSPS) is 48.1. The number of nitrogens with one attached hydrogen (secondary N) is 1. The molecule has 9 heteroatoms. The molecule has 1 heterocycles. The molecule has 0 aromatic heterocycles. The lowest BCUT2D eigenvalue weighted by Crippen LogP contribution is -2.72. The second-order valence-corrected chi connectivity index (χ2v) is 11.8. The number of piperidine rings is 1. The van der Waals surface area contributed by atoms with Gasteiger partial charge >= 0.3 is 11.5 Å². The minimum absolute atomic E-state index is 0.0296. The summed E-state index contributed by atoms with van der Waals surface area (Å²) in [5.41, 5.74) is -5.84. The van der Waals surface area contributed by atoms with Gasteiger partial charge in [0.25, 0.3) is 5.91 Å². The highest BCUT2D eigenvalue weighted by atomic mass is 32.2. The number of carbonyl (C=O) groups excluding carboxylic acids is 1. The van der Waals surface area contributed by atoms with E-state index in [9.17, 15) is 32.1 Å². The van der Waals surface area contributed by atoms with Crippen LogP contribution in [0, 0.1) is 28.6 Å². The van der Waals surface area contributed by atoms with E-state index in [1.807, 2.05) is 6.92 Å². The van der Waals surface area contributed by atoms with Gasteiger partial charge < -0.3 is 10.4 Å². The Morgan fingerprint density at radius 1 is 1.14 bits per heavy atom. The molecule has 4 aliphatic rings. The van der Waals surface area contributed by atoms with Gasteiger partial charge in [0.05, 0.1) is 0 Å². The van der Waals surface area contributed by atoms with Gasteiger partial charge in [-0.15, -0.1) is 0 Å². The number of halogens is 3. The van der Waals surface area contributed by atoms with Crippen LogP contribution in [0.2, 0.25) is 0 Å². The van der Waals surface area contributed by atoms with E-state index in [-0.39, 0.29) is 17.4 Å². The van der Waals surface area contributed by atoms with Crippen molar-refractivity contribution in [2.24, 2.45) is 28.6 Å². The van der Waals surface area contributed by atoms with Gasteiger partial charge in [-0.05, 0) is 73.5 Å². The van der Waals surface area contributed by atoms with Gasteiger partial charge in [0.2, 0.25) is 4.75 Å². The maximum Gasteiger partial charge on any atom is 0.472 e. The molecule has 0 aromatic carbocycles. The van der Waals surface area contributed by atoms with Gasteiger partial charge in [-0.3, -0.25) is 9.59 Å². The smallest absolute Gasteiger partial charge is 0.472 e. The Morgan fingerprint density at radius 3 is 2.45 bits per heavy atom. The number of amides is 1. The van der Waals surface area contributed by atoms with Crippen LogP contribution in [0.25, 0.3) is 0 Å². The molecule has 4 rings (SSSR count). The standard InChI is InChI=1S/C20H28F3NO4S/c1-17-8-3-4-12(17)11-5-6-14-18(2,13(11)7-9-17)10-19(16(26)27,15(25)24-14)29(28)20(21,22)23/h11-14H,3-10H2,1-2H3,(H,24,25)(H,26,27)/t11-,12-,13+,14?,17-,18+,19?,29?/m0/s1. The molecule has 1 aliphatic heterocycles. The van der Waals surface area contributed by atoms with Crippen LogP contribution in [0.1, 0.15) is 65.2 Å². The molecule has 4 fully saturated rings.